The zero-order valence-electron chi connectivity index (χ0n) is 13.5. The minimum Gasteiger partial charge on any atom is -0.352 e. The zero-order chi connectivity index (χ0) is 17.1. The van der Waals surface area contributed by atoms with Crippen LogP contribution in [0.2, 0.25) is 5.02 Å². The molecule has 1 N–H and O–H groups in total. The van der Waals surface area contributed by atoms with E-state index in [1.54, 1.807) is 11.3 Å². The maximum atomic E-state index is 12.0. The third-order valence-electron chi connectivity index (χ3n) is 3.46. The van der Waals surface area contributed by atoms with Crippen LogP contribution in [0.5, 0.6) is 0 Å². The second-order valence-corrected chi connectivity index (χ2v) is 7.08. The second-order valence-electron chi connectivity index (χ2n) is 5.79. The van der Waals surface area contributed by atoms with Crippen LogP contribution in [-0.4, -0.2) is 21.5 Å². The van der Waals surface area contributed by atoms with Gasteiger partial charge in [0, 0.05) is 28.2 Å². The lowest BCUT2D eigenvalue weighted by Gasteiger charge is -2.10. The molecule has 6 heteroatoms. The van der Waals surface area contributed by atoms with Gasteiger partial charge in [-0.2, -0.15) is 0 Å². The first-order valence-corrected chi connectivity index (χ1v) is 8.95. The predicted octanol–water partition coefficient (Wildman–Crippen LogP) is 4.46. The van der Waals surface area contributed by atoms with Gasteiger partial charge >= 0.3 is 0 Å². The average molecular weight is 360 g/mol. The van der Waals surface area contributed by atoms with Gasteiger partial charge in [-0.05, 0) is 38.1 Å². The van der Waals surface area contributed by atoms with E-state index in [0.29, 0.717) is 5.02 Å². The Morgan fingerprint density at radius 1 is 1.29 bits per heavy atom. The number of hydrogen-bond donors (Lipinski definition) is 1. The van der Waals surface area contributed by atoms with Crippen molar-refractivity contribution in [3.05, 3.63) is 53.0 Å². The van der Waals surface area contributed by atoms with Gasteiger partial charge in [-0.15, -0.1) is 11.3 Å². The summed E-state index contributed by atoms with van der Waals surface area (Å²) in [6, 6.07) is 11.7. The van der Waals surface area contributed by atoms with Gasteiger partial charge in [0.05, 0.1) is 11.4 Å². The number of rotatable bonds is 5. The average Bonchev–Trinajstić information content (AvgIpc) is 3.16. The standard InChI is InChI=1S/C18H18ClN3OS/c1-12(2)20-17(23)10-22-9-3-4-16(22)18-21-15(11-24-18)13-5-7-14(19)8-6-13/h3-9,11-12H,10H2,1-2H3,(H,20,23). The number of halogens is 1. The normalized spacial score (nSPS) is 11.0. The first-order valence-electron chi connectivity index (χ1n) is 7.69. The molecule has 124 valence electrons. The second kappa shape index (κ2) is 7.20. The minimum absolute atomic E-state index is 0.00284. The number of carbonyl (C=O) groups is 1. The molecule has 3 aromatic rings. The quantitative estimate of drug-likeness (QED) is 0.731. The monoisotopic (exact) mass is 359 g/mol. The van der Waals surface area contributed by atoms with E-state index in [4.69, 9.17) is 16.6 Å². The van der Waals surface area contributed by atoms with Crippen LogP contribution < -0.4 is 5.32 Å². The van der Waals surface area contributed by atoms with Gasteiger partial charge in [0.1, 0.15) is 11.6 Å². The van der Waals surface area contributed by atoms with Gasteiger partial charge in [-0.3, -0.25) is 4.79 Å². The number of nitrogens with zero attached hydrogens (tertiary/aromatic N) is 2. The van der Waals surface area contributed by atoms with Gasteiger partial charge in [0.2, 0.25) is 5.91 Å². The van der Waals surface area contributed by atoms with E-state index >= 15 is 0 Å². The van der Waals surface area contributed by atoms with Crippen LogP contribution in [0.25, 0.3) is 22.0 Å². The van der Waals surface area contributed by atoms with Crippen molar-refractivity contribution in [2.24, 2.45) is 0 Å². The maximum Gasteiger partial charge on any atom is 0.240 e. The molecule has 0 radical (unpaired) electrons. The summed E-state index contributed by atoms with van der Waals surface area (Å²) in [5.74, 6) is -0.00284. The Hall–Kier alpha value is -2.11. The van der Waals surface area contributed by atoms with E-state index < -0.39 is 0 Å². The molecule has 1 aromatic carbocycles. The van der Waals surface area contributed by atoms with Crippen molar-refractivity contribution in [1.29, 1.82) is 0 Å². The molecule has 2 heterocycles. The van der Waals surface area contributed by atoms with Crippen molar-refractivity contribution in [2.75, 3.05) is 0 Å². The minimum atomic E-state index is -0.00284. The van der Waals surface area contributed by atoms with Crippen LogP contribution in [0.1, 0.15) is 13.8 Å². The van der Waals surface area contributed by atoms with E-state index in [1.165, 1.54) is 0 Å². The van der Waals surface area contributed by atoms with Gasteiger partial charge in [-0.25, -0.2) is 4.98 Å². The molecule has 24 heavy (non-hydrogen) atoms. The van der Waals surface area contributed by atoms with Crippen molar-refractivity contribution < 1.29 is 4.79 Å². The molecule has 3 rings (SSSR count). The summed E-state index contributed by atoms with van der Waals surface area (Å²) >= 11 is 7.50. The smallest absolute Gasteiger partial charge is 0.240 e. The number of hydrogen-bond acceptors (Lipinski definition) is 3. The predicted molar refractivity (Wildman–Crippen MR) is 99.3 cm³/mol. The molecule has 0 unspecified atom stereocenters. The number of benzene rings is 1. The molecule has 0 fully saturated rings. The fourth-order valence-electron chi connectivity index (χ4n) is 2.41. The zero-order valence-corrected chi connectivity index (χ0v) is 15.1. The number of amides is 1. The molecule has 0 spiro atoms. The highest BCUT2D eigenvalue weighted by atomic mass is 35.5. The van der Waals surface area contributed by atoms with Gasteiger partial charge in [-0.1, -0.05) is 23.7 Å². The van der Waals surface area contributed by atoms with Crippen molar-refractivity contribution >= 4 is 28.8 Å². The van der Waals surface area contributed by atoms with E-state index in [0.717, 1.165) is 22.0 Å². The summed E-state index contributed by atoms with van der Waals surface area (Å²) in [7, 11) is 0. The van der Waals surface area contributed by atoms with Crippen molar-refractivity contribution in [1.82, 2.24) is 14.9 Å². The molecule has 0 atom stereocenters. The molecule has 0 aliphatic heterocycles. The lowest BCUT2D eigenvalue weighted by molar-refractivity contribution is -0.122. The molecule has 0 saturated heterocycles. The molecule has 0 aliphatic carbocycles. The van der Waals surface area contributed by atoms with E-state index in [-0.39, 0.29) is 18.5 Å². The highest BCUT2D eigenvalue weighted by Gasteiger charge is 2.13. The van der Waals surface area contributed by atoms with E-state index in [2.05, 4.69) is 5.32 Å². The van der Waals surface area contributed by atoms with Crippen molar-refractivity contribution in [3.8, 4) is 22.0 Å². The Bertz CT molecular complexity index is 836. The SMILES string of the molecule is CC(C)NC(=O)Cn1cccc1-c1nc(-c2ccc(Cl)cc2)cs1. The summed E-state index contributed by atoms with van der Waals surface area (Å²) < 4.78 is 1.92. The summed E-state index contributed by atoms with van der Waals surface area (Å²) in [5, 5.41) is 6.52. The molecular formula is C18H18ClN3OS. The number of aromatic nitrogens is 2. The van der Waals surface area contributed by atoms with Gasteiger partial charge in [0.15, 0.2) is 0 Å². The summed E-state index contributed by atoms with van der Waals surface area (Å²) in [5.41, 5.74) is 2.88. The molecule has 2 aromatic heterocycles. The lowest BCUT2D eigenvalue weighted by Crippen LogP contribution is -2.33. The van der Waals surface area contributed by atoms with Crippen molar-refractivity contribution in [3.63, 3.8) is 0 Å². The fourth-order valence-corrected chi connectivity index (χ4v) is 3.41. The van der Waals surface area contributed by atoms with Gasteiger partial charge in [0.25, 0.3) is 0 Å². The fraction of sp³-hybridized carbons (Fsp3) is 0.222. The Morgan fingerprint density at radius 2 is 2.04 bits per heavy atom. The summed E-state index contributed by atoms with van der Waals surface area (Å²) in [4.78, 5) is 16.7. The maximum absolute atomic E-state index is 12.0. The van der Waals surface area contributed by atoms with Crippen molar-refractivity contribution in [2.45, 2.75) is 26.4 Å². The third kappa shape index (κ3) is 3.86. The van der Waals surface area contributed by atoms with Crippen LogP contribution in [0.15, 0.2) is 48.0 Å². The number of thiazole rings is 1. The molecule has 0 saturated carbocycles. The summed E-state index contributed by atoms with van der Waals surface area (Å²) in [6.45, 7) is 4.19. The Labute approximate surface area is 150 Å². The number of carbonyl (C=O) groups excluding carboxylic acids is 1. The molecule has 0 aliphatic rings. The molecule has 4 nitrogen and oxygen atoms in total. The van der Waals surface area contributed by atoms with E-state index in [9.17, 15) is 4.79 Å². The molecule has 1 amide bonds. The van der Waals surface area contributed by atoms with Crippen LogP contribution in [0.4, 0.5) is 0 Å². The Morgan fingerprint density at radius 3 is 2.75 bits per heavy atom. The topological polar surface area (TPSA) is 46.9 Å². The largest absolute Gasteiger partial charge is 0.352 e. The van der Waals surface area contributed by atoms with Crippen LogP contribution >= 0.6 is 22.9 Å². The van der Waals surface area contributed by atoms with Gasteiger partial charge < -0.3 is 9.88 Å². The Kier molecular flexibility index (Phi) is 5.02. The Balaban J connectivity index is 1.82. The third-order valence-corrected chi connectivity index (χ3v) is 4.57. The van der Waals surface area contributed by atoms with Crippen LogP contribution in [-0.2, 0) is 11.3 Å². The molecule has 0 bridgehead atoms. The summed E-state index contributed by atoms with van der Waals surface area (Å²) in [6.07, 6.45) is 1.90. The van der Waals surface area contributed by atoms with Crippen LogP contribution in [0.3, 0.4) is 0 Å². The highest BCUT2D eigenvalue weighted by Crippen LogP contribution is 2.29. The highest BCUT2D eigenvalue weighted by molar-refractivity contribution is 7.13. The number of nitrogens with one attached hydrogen (secondary N) is 1. The van der Waals surface area contributed by atoms with E-state index in [1.807, 2.05) is 66.4 Å². The molecular weight excluding hydrogens is 342 g/mol. The first-order chi connectivity index (χ1) is 11.5. The van der Waals surface area contributed by atoms with Crippen LogP contribution in [0, 0.1) is 0 Å². The first kappa shape index (κ1) is 16.7. The lowest BCUT2D eigenvalue weighted by atomic mass is 10.2.